The first-order valence-corrected chi connectivity index (χ1v) is 10.3. The van der Waals surface area contributed by atoms with Crippen LogP contribution in [0.4, 0.5) is 0 Å². The third-order valence-electron chi connectivity index (χ3n) is 4.86. The first-order valence-electron chi connectivity index (χ1n) is 7.45. The number of alkyl halides is 2. The second kappa shape index (κ2) is 7.17. The topological polar surface area (TPSA) is 43.4 Å². The molecule has 20 heavy (non-hydrogen) atoms. The number of ether oxygens (including phenoxy) is 1. The van der Waals surface area contributed by atoms with E-state index >= 15 is 0 Å². The van der Waals surface area contributed by atoms with Gasteiger partial charge in [0.1, 0.15) is 0 Å². The molecule has 6 heteroatoms. The SMILES string of the molecule is O=S1(=O)CCC(C(CCl)(CCl)CCCC2CCCO2)C1. The minimum Gasteiger partial charge on any atom is -0.378 e. The predicted molar refractivity (Wildman–Crippen MR) is 83.5 cm³/mol. The van der Waals surface area contributed by atoms with Gasteiger partial charge in [0.15, 0.2) is 9.84 Å². The van der Waals surface area contributed by atoms with Crippen LogP contribution >= 0.6 is 23.2 Å². The predicted octanol–water partition coefficient (Wildman–Crippen LogP) is 3.23. The Morgan fingerprint density at radius 3 is 2.45 bits per heavy atom. The summed E-state index contributed by atoms with van der Waals surface area (Å²) < 4.78 is 29.0. The van der Waals surface area contributed by atoms with Crippen LogP contribution in [-0.2, 0) is 14.6 Å². The fourth-order valence-electron chi connectivity index (χ4n) is 3.42. The molecule has 0 aliphatic carbocycles. The van der Waals surface area contributed by atoms with Crippen LogP contribution in [0.1, 0.15) is 38.5 Å². The van der Waals surface area contributed by atoms with E-state index in [1.165, 1.54) is 0 Å². The number of halogens is 2. The van der Waals surface area contributed by atoms with E-state index in [0.717, 1.165) is 38.7 Å². The summed E-state index contributed by atoms with van der Waals surface area (Å²) in [5, 5.41) is 0. The highest BCUT2D eigenvalue weighted by Gasteiger charge is 2.43. The molecule has 2 fully saturated rings. The largest absolute Gasteiger partial charge is 0.378 e. The van der Waals surface area contributed by atoms with Crippen LogP contribution in [0.15, 0.2) is 0 Å². The van der Waals surface area contributed by atoms with Crippen LogP contribution in [0.5, 0.6) is 0 Å². The number of hydrogen-bond donors (Lipinski definition) is 0. The van der Waals surface area contributed by atoms with Crippen LogP contribution in [0, 0.1) is 11.3 Å². The van der Waals surface area contributed by atoms with Gasteiger partial charge in [-0.1, -0.05) is 6.42 Å². The molecule has 3 nitrogen and oxygen atoms in total. The van der Waals surface area contributed by atoms with Gasteiger partial charge < -0.3 is 4.74 Å². The lowest BCUT2D eigenvalue weighted by atomic mass is 9.74. The van der Waals surface area contributed by atoms with Gasteiger partial charge in [-0.2, -0.15) is 0 Å². The summed E-state index contributed by atoms with van der Waals surface area (Å²) in [6.07, 6.45) is 6.34. The summed E-state index contributed by atoms with van der Waals surface area (Å²) in [7, 11) is -2.88. The molecule has 0 aromatic heterocycles. The molecule has 0 radical (unpaired) electrons. The van der Waals surface area contributed by atoms with Gasteiger partial charge in [-0.05, 0) is 38.0 Å². The van der Waals surface area contributed by atoms with Crippen molar-refractivity contribution >= 4 is 33.0 Å². The van der Waals surface area contributed by atoms with Crippen molar-refractivity contribution in [1.82, 2.24) is 0 Å². The molecule has 2 aliphatic rings. The maximum Gasteiger partial charge on any atom is 0.150 e. The normalized spacial score (nSPS) is 29.9. The molecule has 2 rings (SSSR count). The summed E-state index contributed by atoms with van der Waals surface area (Å²) >= 11 is 12.4. The average molecular weight is 343 g/mol. The Labute approximate surface area is 132 Å². The molecule has 2 saturated heterocycles. The van der Waals surface area contributed by atoms with Gasteiger partial charge in [0.25, 0.3) is 0 Å². The maximum atomic E-state index is 11.7. The maximum absolute atomic E-state index is 11.7. The van der Waals surface area contributed by atoms with Crippen molar-refractivity contribution in [3.8, 4) is 0 Å². The second-order valence-electron chi connectivity index (χ2n) is 6.26. The molecule has 2 unspecified atom stereocenters. The molecule has 0 spiro atoms. The third-order valence-corrected chi connectivity index (χ3v) is 7.69. The van der Waals surface area contributed by atoms with E-state index in [9.17, 15) is 8.42 Å². The van der Waals surface area contributed by atoms with Gasteiger partial charge in [-0.3, -0.25) is 0 Å². The molecule has 0 N–H and O–H groups in total. The zero-order valence-corrected chi connectivity index (χ0v) is 14.2. The summed E-state index contributed by atoms with van der Waals surface area (Å²) in [6, 6.07) is 0. The number of hydrogen-bond acceptors (Lipinski definition) is 3. The smallest absolute Gasteiger partial charge is 0.150 e. The van der Waals surface area contributed by atoms with E-state index in [-0.39, 0.29) is 17.1 Å². The molecule has 2 atom stereocenters. The fraction of sp³-hybridized carbons (Fsp3) is 1.00. The standard InChI is InChI=1S/C14H24Cl2O3S/c15-10-14(11-16,12-5-8-20(17,18)9-12)6-1-3-13-4-2-7-19-13/h12-13H,1-11H2. The lowest BCUT2D eigenvalue weighted by molar-refractivity contribution is 0.0962. The Morgan fingerprint density at radius 1 is 1.20 bits per heavy atom. The van der Waals surface area contributed by atoms with Crippen molar-refractivity contribution < 1.29 is 13.2 Å². The summed E-state index contributed by atoms with van der Waals surface area (Å²) in [5.74, 6) is 1.56. The van der Waals surface area contributed by atoms with E-state index in [1.54, 1.807) is 0 Å². The molecule has 2 aliphatic heterocycles. The van der Waals surface area contributed by atoms with E-state index in [0.29, 0.717) is 30.0 Å². The first-order chi connectivity index (χ1) is 9.51. The van der Waals surface area contributed by atoms with Crippen molar-refractivity contribution in [2.75, 3.05) is 29.9 Å². The van der Waals surface area contributed by atoms with Crippen LogP contribution in [0.3, 0.4) is 0 Å². The van der Waals surface area contributed by atoms with Gasteiger partial charge in [-0.15, -0.1) is 23.2 Å². The van der Waals surface area contributed by atoms with Gasteiger partial charge >= 0.3 is 0 Å². The second-order valence-corrected chi connectivity index (χ2v) is 9.02. The molecule has 0 bridgehead atoms. The summed E-state index contributed by atoms with van der Waals surface area (Å²) in [6.45, 7) is 0.877. The molecule has 0 amide bonds. The van der Waals surface area contributed by atoms with Crippen molar-refractivity contribution in [3.63, 3.8) is 0 Å². The van der Waals surface area contributed by atoms with Crippen molar-refractivity contribution in [1.29, 1.82) is 0 Å². The Balaban J connectivity index is 1.90. The van der Waals surface area contributed by atoms with Gasteiger partial charge in [0.05, 0.1) is 17.6 Å². The van der Waals surface area contributed by atoms with Gasteiger partial charge in [0.2, 0.25) is 0 Å². The van der Waals surface area contributed by atoms with E-state index in [4.69, 9.17) is 27.9 Å². The monoisotopic (exact) mass is 342 g/mol. The minimum absolute atomic E-state index is 0.118. The molecule has 0 aromatic rings. The zero-order chi connectivity index (χ0) is 14.6. The number of rotatable bonds is 7. The molecular formula is C14H24Cl2O3S. The molecule has 2 heterocycles. The highest BCUT2D eigenvalue weighted by Crippen LogP contribution is 2.42. The van der Waals surface area contributed by atoms with Crippen LogP contribution < -0.4 is 0 Å². The molecule has 0 saturated carbocycles. The third kappa shape index (κ3) is 4.02. The van der Waals surface area contributed by atoms with Crippen molar-refractivity contribution in [2.24, 2.45) is 11.3 Å². The van der Waals surface area contributed by atoms with Crippen LogP contribution in [0.25, 0.3) is 0 Å². The Bertz CT molecular complexity index is 401. The summed E-state index contributed by atoms with van der Waals surface area (Å²) in [4.78, 5) is 0. The van der Waals surface area contributed by atoms with E-state index in [2.05, 4.69) is 0 Å². The van der Waals surface area contributed by atoms with Gasteiger partial charge in [-0.25, -0.2) is 8.42 Å². The Morgan fingerprint density at radius 2 is 1.95 bits per heavy atom. The van der Waals surface area contributed by atoms with E-state index in [1.807, 2.05) is 0 Å². The van der Waals surface area contributed by atoms with Crippen LogP contribution in [0.2, 0.25) is 0 Å². The fourth-order valence-corrected chi connectivity index (χ4v) is 6.36. The molecule has 0 aromatic carbocycles. The van der Waals surface area contributed by atoms with Crippen LogP contribution in [-0.4, -0.2) is 44.4 Å². The van der Waals surface area contributed by atoms with Crippen molar-refractivity contribution in [3.05, 3.63) is 0 Å². The Hall–Kier alpha value is 0.490. The Kier molecular flexibility index (Phi) is 6.04. The minimum atomic E-state index is -2.88. The lowest BCUT2D eigenvalue weighted by Gasteiger charge is -2.35. The first kappa shape index (κ1) is 16.9. The summed E-state index contributed by atoms with van der Waals surface area (Å²) in [5.41, 5.74) is -0.231. The van der Waals surface area contributed by atoms with E-state index < -0.39 is 9.84 Å². The highest BCUT2D eigenvalue weighted by molar-refractivity contribution is 7.91. The quantitative estimate of drug-likeness (QED) is 0.667. The number of sulfone groups is 1. The lowest BCUT2D eigenvalue weighted by Crippen LogP contribution is -2.35. The average Bonchev–Trinajstić information content (AvgIpc) is 3.05. The zero-order valence-electron chi connectivity index (χ0n) is 11.8. The molecular weight excluding hydrogens is 319 g/mol. The van der Waals surface area contributed by atoms with Crippen molar-refractivity contribution in [2.45, 2.75) is 44.6 Å². The van der Waals surface area contributed by atoms with Gasteiger partial charge in [0, 0.05) is 23.8 Å². The highest BCUT2D eigenvalue weighted by atomic mass is 35.5. The molecule has 118 valence electrons.